The molecule has 0 heterocycles. The molecule has 186 valence electrons. The predicted molar refractivity (Wildman–Crippen MR) is 141 cm³/mol. The lowest BCUT2D eigenvalue weighted by atomic mass is 9.86. The summed E-state index contributed by atoms with van der Waals surface area (Å²) in [5.74, 6) is 0.107. The maximum absolute atomic E-state index is 13.5. The fourth-order valence-corrected chi connectivity index (χ4v) is 5.12. The van der Waals surface area contributed by atoms with Crippen molar-refractivity contribution in [3.05, 3.63) is 88.9 Å². The van der Waals surface area contributed by atoms with Gasteiger partial charge in [-0.2, -0.15) is 0 Å². The third-order valence-corrected chi connectivity index (χ3v) is 7.74. The molecule has 0 aromatic heterocycles. The van der Waals surface area contributed by atoms with E-state index in [1.807, 2.05) is 31.2 Å². The fourth-order valence-electron chi connectivity index (χ4n) is 3.57. The minimum Gasteiger partial charge on any atom is -0.497 e. The SMILES string of the molecule is COc1ccc(S(=O)(=O)N(CC(=O)N[C@@H](C)c2ccc(C(C)(C)C)cc2)c2ccc(Cl)cc2)cc1. The van der Waals surface area contributed by atoms with Gasteiger partial charge in [-0.25, -0.2) is 8.42 Å². The van der Waals surface area contributed by atoms with Gasteiger partial charge in [-0.3, -0.25) is 9.10 Å². The van der Waals surface area contributed by atoms with Gasteiger partial charge in [0.15, 0.2) is 0 Å². The summed E-state index contributed by atoms with van der Waals surface area (Å²) in [6.07, 6.45) is 0. The number of anilines is 1. The van der Waals surface area contributed by atoms with E-state index in [-0.39, 0.29) is 22.9 Å². The van der Waals surface area contributed by atoms with Crippen LogP contribution in [0.5, 0.6) is 5.75 Å². The average Bonchev–Trinajstić information content (AvgIpc) is 2.82. The molecule has 8 heteroatoms. The van der Waals surface area contributed by atoms with Crippen LogP contribution in [0.1, 0.15) is 44.9 Å². The van der Waals surface area contributed by atoms with Gasteiger partial charge in [0, 0.05) is 5.02 Å². The van der Waals surface area contributed by atoms with Crippen LogP contribution in [-0.2, 0) is 20.2 Å². The van der Waals surface area contributed by atoms with Gasteiger partial charge in [0.05, 0.1) is 23.7 Å². The number of nitrogens with one attached hydrogen (secondary N) is 1. The highest BCUT2D eigenvalue weighted by Crippen LogP contribution is 2.27. The molecule has 0 radical (unpaired) electrons. The highest BCUT2D eigenvalue weighted by atomic mass is 35.5. The Hall–Kier alpha value is -3.03. The smallest absolute Gasteiger partial charge is 0.264 e. The van der Waals surface area contributed by atoms with Crippen molar-refractivity contribution in [2.45, 2.75) is 44.0 Å². The summed E-state index contributed by atoms with van der Waals surface area (Å²) < 4.78 is 33.2. The second-order valence-electron chi connectivity index (χ2n) is 9.32. The minimum atomic E-state index is -4.04. The Morgan fingerprint density at radius 1 is 0.971 bits per heavy atom. The third-order valence-electron chi connectivity index (χ3n) is 5.70. The van der Waals surface area contributed by atoms with Gasteiger partial charge in [0.25, 0.3) is 10.0 Å². The third kappa shape index (κ3) is 6.55. The minimum absolute atomic E-state index is 0.0277. The molecule has 0 unspecified atom stereocenters. The molecule has 3 aromatic rings. The summed E-state index contributed by atoms with van der Waals surface area (Å²) in [7, 11) is -2.53. The first-order valence-corrected chi connectivity index (χ1v) is 13.1. The van der Waals surface area contributed by atoms with Gasteiger partial charge < -0.3 is 10.1 Å². The Bertz CT molecular complexity index is 1250. The fraction of sp³-hybridized carbons (Fsp3) is 0.296. The molecule has 1 amide bonds. The maximum Gasteiger partial charge on any atom is 0.264 e. The lowest BCUT2D eigenvalue weighted by Crippen LogP contribution is -2.41. The van der Waals surface area contributed by atoms with Crippen LogP contribution in [-0.4, -0.2) is 28.0 Å². The van der Waals surface area contributed by atoms with Gasteiger partial charge >= 0.3 is 0 Å². The zero-order chi connectivity index (χ0) is 25.8. The Kier molecular flexibility index (Phi) is 8.13. The number of benzene rings is 3. The zero-order valence-electron chi connectivity index (χ0n) is 20.6. The number of carbonyl (C=O) groups excluding carboxylic acids is 1. The lowest BCUT2D eigenvalue weighted by Gasteiger charge is -2.25. The number of rotatable bonds is 8. The van der Waals surface area contributed by atoms with E-state index in [1.165, 1.54) is 24.8 Å². The van der Waals surface area contributed by atoms with Gasteiger partial charge in [-0.1, -0.05) is 56.6 Å². The quantitative estimate of drug-likeness (QED) is 0.417. The van der Waals surface area contributed by atoms with Crippen molar-refractivity contribution in [3.63, 3.8) is 0 Å². The van der Waals surface area contributed by atoms with Crippen molar-refractivity contribution in [2.24, 2.45) is 0 Å². The maximum atomic E-state index is 13.5. The second-order valence-corrected chi connectivity index (χ2v) is 11.6. The standard InChI is InChI=1S/C27H31ClN2O4S/c1-19(20-6-8-21(9-7-20)27(2,3)4)29-26(31)18-30(23-12-10-22(28)11-13-23)35(32,33)25-16-14-24(34-5)15-17-25/h6-17,19H,18H2,1-5H3,(H,29,31)/t19-/m0/s1. The van der Waals surface area contributed by atoms with Crippen molar-refractivity contribution in [2.75, 3.05) is 18.0 Å². The Morgan fingerprint density at radius 2 is 1.54 bits per heavy atom. The van der Waals surface area contributed by atoms with E-state index in [4.69, 9.17) is 16.3 Å². The van der Waals surface area contributed by atoms with Crippen molar-refractivity contribution in [3.8, 4) is 5.75 Å². The molecule has 6 nitrogen and oxygen atoms in total. The molecule has 3 rings (SSSR count). The van der Waals surface area contributed by atoms with E-state index >= 15 is 0 Å². The topological polar surface area (TPSA) is 75.7 Å². The first-order valence-electron chi connectivity index (χ1n) is 11.2. The summed E-state index contributed by atoms with van der Waals surface area (Å²) in [5, 5.41) is 3.38. The van der Waals surface area contributed by atoms with Gasteiger partial charge in [0.2, 0.25) is 5.91 Å². The number of halogens is 1. The molecule has 0 aliphatic heterocycles. The molecule has 0 bridgehead atoms. The van der Waals surface area contributed by atoms with Crippen molar-refractivity contribution in [1.82, 2.24) is 5.32 Å². The van der Waals surface area contributed by atoms with Crippen LogP contribution >= 0.6 is 11.6 Å². The number of hydrogen-bond acceptors (Lipinski definition) is 4. The second kappa shape index (κ2) is 10.7. The van der Waals surface area contributed by atoms with Crippen LogP contribution < -0.4 is 14.4 Å². The first kappa shape index (κ1) is 26.6. The van der Waals surface area contributed by atoms with Crippen LogP contribution in [0.25, 0.3) is 0 Å². The molecule has 0 aliphatic carbocycles. The largest absolute Gasteiger partial charge is 0.497 e. The highest BCUT2D eigenvalue weighted by Gasteiger charge is 2.28. The summed E-state index contributed by atoms with van der Waals surface area (Å²) in [5.41, 5.74) is 2.49. The number of sulfonamides is 1. The van der Waals surface area contributed by atoms with Gasteiger partial charge in [0.1, 0.15) is 12.3 Å². The van der Waals surface area contributed by atoms with Crippen LogP contribution in [0.15, 0.2) is 77.7 Å². The Balaban J connectivity index is 1.84. The summed E-state index contributed by atoms with van der Waals surface area (Å²) >= 11 is 6.00. The monoisotopic (exact) mass is 514 g/mol. The molecular weight excluding hydrogens is 484 g/mol. The van der Waals surface area contributed by atoms with Crippen LogP contribution in [0, 0.1) is 0 Å². The van der Waals surface area contributed by atoms with E-state index in [0.29, 0.717) is 16.5 Å². The summed E-state index contributed by atoms with van der Waals surface area (Å²) in [6, 6.07) is 20.1. The van der Waals surface area contributed by atoms with Crippen molar-refractivity contribution < 1.29 is 17.9 Å². The average molecular weight is 515 g/mol. The molecule has 35 heavy (non-hydrogen) atoms. The van der Waals surface area contributed by atoms with Crippen LogP contribution in [0.4, 0.5) is 5.69 Å². The molecule has 0 saturated carbocycles. The molecule has 1 N–H and O–H groups in total. The number of ether oxygens (including phenoxy) is 1. The number of nitrogens with zero attached hydrogens (tertiary/aromatic N) is 1. The first-order chi connectivity index (χ1) is 16.4. The van der Waals surface area contributed by atoms with E-state index < -0.39 is 15.9 Å². The van der Waals surface area contributed by atoms with E-state index in [0.717, 1.165) is 9.87 Å². The number of amides is 1. The summed E-state index contributed by atoms with van der Waals surface area (Å²) in [6.45, 7) is 7.90. The number of methoxy groups -OCH3 is 1. The molecule has 3 aromatic carbocycles. The molecule has 0 spiro atoms. The number of hydrogen-bond donors (Lipinski definition) is 1. The molecule has 0 fully saturated rings. The van der Waals surface area contributed by atoms with Crippen molar-refractivity contribution >= 4 is 33.2 Å². The normalized spacial score (nSPS) is 12.6. The predicted octanol–water partition coefficient (Wildman–Crippen LogP) is 5.72. The van der Waals surface area contributed by atoms with E-state index in [1.54, 1.807) is 36.4 Å². The molecule has 1 atom stereocenters. The molecule has 0 aliphatic rings. The van der Waals surface area contributed by atoms with Crippen LogP contribution in [0.2, 0.25) is 5.02 Å². The van der Waals surface area contributed by atoms with Crippen molar-refractivity contribution in [1.29, 1.82) is 0 Å². The van der Waals surface area contributed by atoms with E-state index in [2.05, 4.69) is 26.1 Å². The van der Waals surface area contributed by atoms with Gasteiger partial charge in [-0.05, 0) is 72.0 Å². The Labute approximate surface area is 212 Å². The number of carbonyl (C=O) groups is 1. The summed E-state index contributed by atoms with van der Waals surface area (Å²) in [4.78, 5) is 13.1. The Morgan fingerprint density at radius 3 is 2.06 bits per heavy atom. The van der Waals surface area contributed by atoms with Gasteiger partial charge in [-0.15, -0.1) is 0 Å². The van der Waals surface area contributed by atoms with E-state index in [9.17, 15) is 13.2 Å². The molecule has 0 saturated heterocycles. The lowest BCUT2D eigenvalue weighted by molar-refractivity contribution is -0.120. The zero-order valence-corrected chi connectivity index (χ0v) is 22.2. The highest BCUT2D eigenvalue weighted by molar-refractivity contribution is 7.92. The van der Waals surface area contributed by atoms with Crippen LogP contribution in [0.3, 0.4) is 0 Å². The molecular formula is C27H31ClN2O4S.